The van der Waals surface area contributed by atoms with E-state index in [0.29, 0.717) is 16.7 Å². The van der Waals surface area contributed by atoms with Crippen LogP contribution in [0.4, 0.5) is 8.78 Å². The Morgan fingerprint density at radius 2 is 1.83 bits per heavy atom. The molecule has 2 aromatic carbocycles. The molecule has 0 radical (unpaired) electrons. The van der Waals surface area contributed by atoms with E-state index in [1.807, 2.05) is 0 Å². The second-order valence-corrected chi connectivity index (χ2v) is 5.67. The molecule has 1 heterocycles. The number of aromatic nitrogens is 1. The molecule has 0 bridgehead atoms. The number of benzene rings is 2. The number of pyridine rings is 1. The third-order valence-electron chi connectivity index (χ3n) is 3.98. The maximum Gasteiger partial charge on any atom is 0.192 e. The van der Waals surface area contributed by atoms with Crippen LogP contribution >= 0.6 is 0 Å². The average Bonchev–Trinajstić information content (AvgIpc) is 2.51. The monoisotopic (exact) mass is 315 g/mol. The third kappa shape index (κ3) is 2.59. The van der Waals surface area contributed by atoms with E-state index in [-0.39, 0.29) is 34.1 Å². The van der Waals surface area contributed by atoms with Crippen LogP contribution in [0.2, 0.25) is 0 Å². The largest absolute Gasteiger partial charge is 0.428 e. The van der Waals surface area contributed by atoms with Crippen molar-refractivity contribution in [3.63, 3.8) is 0 Å². The van der Waals surface area contributed by atoms with Crippen molar-refractivity contribution in [1.82, 2.24) is 4.73 Å². The maximum absolute atomic E-state index is 14.3. The Morgan fingerprint density at radius 1 is 1.09 bits per heavy atom. The number of fused-ring (bicyclic) bond motifs is 1. The van der Waals surface area contributed by atoms with Crippen LogP contribution in [0.1, 0.15) is 22.3 Å². The Bertz CT molecular complexity index is 977. The second-order valence-electron chi connectivity index (χ2n) is 5.67. The van der Waals surface area contributed by atoms with E-state index in [1.165, 1.54) is 12.3 Å². The van der Waals surface area contributed by atoms with Crippen molar-refractivity contribution in [2.24, 2.45) is 0 Å². The van der Waals surface area contributed by atoms with Crippen molar-refractivity contribution in [3.05, 3.63) is 80.6 Å². The van der Waals surface area contributed by atoms with Gasteiger partial charge >= 0.3 is 0 Å². The first kappa shape index (κ1) is 15.2. The summed E-state index contributed by atoms with van der Waals surface area (Å²) in [5, 5.41) is 10.0. The van der Waals surface area contributed by atoms with Crippen LogP contribution in [0.25, 0.3) is 10.9 Å². The number of hydrogen-bond acceptors (Lipinski definition) is 2. The summed E-state index contributed by atoms with van der Waals surface area (Å²) < 4.78 is 29.1. The van der Waals surface area contributed by atoms with Crippen molar-refractivity contribution < 1.29 is 14.0 Å². The molecule has 0 unspecified atom stereocenters. The van der Waals surface area contributed by atoms with Gasteiger partial charge in [0, 0.05) is 23.4 Å². The van der Waals surface area contributed by atoms with Crippen molar-refractivity contribution in [2.75, 3.05) is 0 Å². The fraction of sp³-hybridized carbons (Fsp3) is 0.167. The van der Waals surface area contributed by atoms with Crippen molar-refractivity contribution >= 4 is 10.9 Å². The zero-order valence-electron chi connectivity index (χ0n) is 12.7. The summed E-state index contributed by atoms with van der Waals surface area (Å²) in [5.74, 6) is -0.972. The molecule has 23 heavy (non-hydrogen) atoms. The molecule has 0 saturated carbocycles. The third-order valence-corrected chi connectivity index (χ3v) is 3.98. The first-order chi connectivity index (χ1) is 10.9. The topological polar surface area (TPSA) is 42.2 Å². The Morgan fingerprint density at radius 3 is 2.57 bits per heavy atom. The minimum Gasteiger partial charge on any atom is -0.428 e. The number of aryl methyl sites for hydroxylation is 2. The van der Waals surface area contributed by atoms with Gasteiger partial charge in [0.25, 0.3) is 0 Å². The summed E-state index contributed by atoms with van der Waals surface area (Å²) in [7, 11) is 0. The quantitative estimate of drug-likeness (QED) is 0.732. The predicted molar refractivity (Wildman–Crippen MR) is 84.0 cm³/mol. The highest BCUT2D eigenvalue weighted by Crippen LogP contribution is 2.22. The van der Waals surface area contributed by atoms with E-state index in [9.17, 15) is 18.8 Å². The Balaban J connectivity index is 2.19. The van der Waals surface area contributed by atoms with Crippen molar-refractivity contribution in [3.8, 4) is 0 Å². The van der Waals surface area contributed by atoms with Crippen LogP contribution < -0.4 is 5.43 Å². The lowest BCUT2D eigenvalue weighted by Gasteiger charge is -2.10. The molecule has 0 aliphatic heterocycles. The Hall–Kier alpha value is -2.69. The fourth-order valence-corrected chi connectivity index (χ4v) is 2.69. The van der Waals surface area contributed by atoms with Gasteiger partial charge in [-0.25, -0.2) is 8.78 Å². The highest BCUT2D eigenvalue weighted by Gasteiger charge is 2.14. The van der Waals surface area contributed by atoms with Gasteiger partial charge in [-0.05, 0) is 36.6 Å². The molecule has 0 saturated heterocycles. The summed E-state index contributed by atoms with van der Waals surface area (Å²) in [6.45, 7) is 3.21. The van der Waals surface area contributed by atoms with Gasteiger partial charge in [0.05, 0.1) is 11.7 Å². The molecule has 0 atom stereocenters. The summed E-state index contributed by atoms with van der Waals surface area (Å²) in [6, 6.07) is 7.42. The first-order valence-electron chi connectivity index (χ1n) is 7.16. The molecule has 1 N–H and O–H groups in total. The zero-order chi connectivity index (χ0) is 16.7. The fourth-order valence-electron chi connectivity index (χ4n) is 2.69. The zero-order valence-corrected chi connectivity index (χ0v) is 12.7. The van der Waals surface area contributed by atoms with Gasteiger partial charge in [0.1, 0.15) is 11.6 Å². The van der Waals surface area contributed by atoms with Crippen molar-refractivity contribution in [2.45, 2.75) is 20.3 Å². The van der Waals surface area contributed by atoms with E-state index in [1.54, 1.807) is 32.0 Å². The van der Waals surface area contributed by atoms with Gasteiger partial charge in [-0.2, -0.15) is 4.73 Å². The van der Waals surface area contributed by atoms with Gasteiger partial charge in [0.2, 0.25) is 0 Å². The van der Waals surface area contributed by atoms with E-state index in [4.69, 9.17) is 0 Å². The Labute approximate surface area is 131 Å². The van der Waals surface area contributed by atoms with Gasteiger partial charge in [-0.15, -0.1) is 0 Å². The lowest BCUT2D eigenvalue weighted by Crippen LogP contribution is -2.12. The second kappa shape index (κ2) is 5.50. The highest BCUT2D eigenvalue weighted by molar-refractivity contribution is 5.80. The minimum atomic E-state index is -0.593. The van der Waals surface area contributed by atoms with E-state index in [0.717, 1.165) is 10.8 Å². The molecular weight excluding hydrogens is 300 g/mol. The lowest BCUT2D eigenvalue weighted by atomic mass is 10.00. The van der Waals surface area contributed by atoms with Crippen LogP contribution in [-0.4, -0.2) is 9.94 Å². The summed E-state index contributed by atoms with van der Waals surface area (Å²) >= 11 is 0. The number of nitrogens with zero attached hydrogens (tertiary/aromatic N) is 1. The van der Waals surface area contributed by atoms with Gasteiger partial charge < -0.3 is 5.21 Å². The molecule has 3 rings (SSSR count). The maximum atomic E-state index is 14.3. The molecule has 0 aliphatic carbocycles. The van der Waals surface area contributed by atoms with Crippen LogP contribution in [0.3, 0.4) is 0 Å². The van der Waals surface area contributed by atoms with E-state index in [2.05, 4.69) is 0 Å². The molecule has 0 amide bonds. The molecule has 1 aromatic heterocycles. The van der Waals surface area contributed by atoms with Gasteiger partial charge in [-0.3, -0.25) is 4.79 Å². The SMILES string of the molecule is Cc1cccc(Cc2cc3c(=O)c(C)cn(O)c3cc2F)c1F. The number of halogens is 2. The standard InChI is InChI=1S/C18H15F2NO2/c1-10-4-3-5-12(17(10)20)6-13-7-14-16(8-15(13)19)21(23)9-11(2)18(14)22/h3-5,7-9,23H,6H2,1-2H3. The highest BCUT2D eigenvalue weighted by atomic mass is 19.1. The molecule has 3 nitrogen and oxygen atoms in total. The van der Waals surface area contributed by atoms with E-state index >= 15 is 0 Å². The molecule has 118 valence electrons. The first-order valence-corrected chi connectivity index (χ1v) is 7.16. The average molecular weight is 315 g/mol. The normalized spacial score (nSPS) is 11.1. The van der Waals surface area contributed by atoms with Crippen LogP contribution in [0, 0.1) is 25.5 Å². The molecule has 3 aromatic rings. The minimum absolute atomic E-state index is 0.0358. The molecule has 0 fully saturated rings. The van der Waals surface area contributed by atoms with Crippen LogP contribution in [0.15, 0.2) is 41.3 Å². The van der Waals surface area contributed by atoms with Crippen LogP contribution in [-0.2, 0) is 6.42 Å². The molecule has 0 aliphatic rings. The molecular formula is C18H15F2NO2. The summed E-state index contributed by atoms with van der Waals surface area (Å²) in [4.78, 5) is 12.2. The smallest absolute Gasteiger partial charge is 0.192 e. The number of rotatable bonds is 2. The number of hydrogen-bond donors (Lipinski definition) is 1. The Kier molecular flexibility index (Phi) is 3.64. The van der Waals surface area contributed by atoms with Gasteiger partial charge in [-0.1, -0.05) is 18.2 Å². The summed E-state index contributed by atoms with van der Waals surface area (Å²) in [6.07, 6.45) is 1.28. The van der Waals surface area contributed by atoms with E-state index < -0.39 is 5.82 Å². The van der Waals surface area contributed by atoms with Crippen LogP contribution in [0.5, 0.6) is 0 Å². The lowest BCUT2D eigenvalue weighted by molar-refractivity contribution is 0.197. The summed E-state index contributed by atoms with van der Waals surface area (Å²) in [5.41, 5.74) is 1.21. The van der Waals surface area contributed by atoms with Gasteiger partial charge in [0.15, 0.2) is 5.43 Å². The molecule has 0 spiro atoms. The molecule has 5 heteroatoms. The predicted octanol–water partition coefficient (Wildman–Crippen LogP) is 3.72. The van der Waals surface area contributed by atoms with Crippen molar-refractivity contribution in [1.29, 1.82) is 0 Å².